The Kier molecular flexibility index (Phi) is 6.60. The number of benzene rings is 1. The van der Waals surface area contributed by atoms with Gasteiger partial charge in [-0.15, -0.1) is 0 Å². The van der Waals surface area contributed by atoms with E-state index in [1.54, 1.807) is 19.1 Å². The highest BCUT2D eigenvalue weighted by atomic mass is 79.9. The van der Waals surface area contributed by atoms with Gasteiger partial charge in [-0.1, -0.05) is 51.3 Å². The van der Waals surface area contributed by atoms with Crippen molar-refractivity contribution in [2.75, 3.05) is 11.9 Å². The SMILES string of the molecule is Cc1nc(NC(=O)COC(=O)Cc2ccc(Br)cc2)c(Cl)cc1Cl. The summed E-state index contributed by atoms with van der Waals surface area (Å²) in [5.41, 5.74) is 1.32. The molecule has 1 aromatic heterocycles. The topological polar surface area (TPSA) is 68.3 Å². The number of nitrogens with zero attached hydrogens (tertiary/aromatic N) is 1. The van der Waals surface area contributed by atoms with Crippen LogP contribution >= 0.6 is 39.1 Å². The number of anilines is 1. The van der Waals surface area contributed by atoms with Gasteiger partial charge >= 0.3 is 5.97 Å². The fourth-order valence-corrected chi connectivity index (χ4v) is 2.45. The predicted octanol–water partition coefficient (Wildman–Crippen LogP) is 4.18. The third-order valence-electron chi connectivity index (χ3n) is 2.99. The van der Waals surface area contributed by atoms with E-state index in [1.165, 1.54) is 6.07 Å². The van der Waals surface area contributed by atoms with Crippen molar-refractivity contribution < 1.29 is 14.3 Å². The third kappa shape index (κ3) is 5.47. The first kappa shape index (κ1) is 18.7. The second-order valence-electron chi connectivity index (χ2n) is 4.90. The lowest BCUT2D eigenvalue weighted by Gasteiger charge is -2.09. The normalized spacial score (nSPS) is 10.3. The van der Waals surface area contributed by atoms with Crippen molar-refractivity contribution in [2.45, 2.75) is 13.3 Å². The Morgan fingerprint density at radius 1 is 1.21 bits per heavy atom. The lowest BCUT2D eigenvalue weighted by Crippen LogP contribution is -2.22. The predicted molar refractivity (Wildman–Crippen MR) is 96.4 cm³/mol. The van der Waals surface area contributed by atoms with Gasteiger partial charge in [-0.2, -0.15) is 0 Å². The minimum absolute atomic E-state index is 0.0830. The largest absolute Gasteiger partial charge is 0.455 e. The van der Waals surface area contributed by atoms with E-state index in [1.807, 2.05) is 12.1 Å². The summed E-state index contributed by atoms with van der Waals surface area (Å²) in [7, 11) is 0. The van der Waals surface area contributed by atoms with E-state index in [9.17, 15) is 9.59 Å². The fourth-order valence-electron chi connectivity index (χ4n) is 1.78. The first-order valence-electron chi connectivity index (χ1n) is 6.87. The molecule has 0 unspecified atom stereocenters. The number of rotatable bonds is 5. The van der Waals surface area contributed by atoms with Crippen LogP contribution in [0.5, 0.6) is 0 Å². The lowest BCUT2D eigenvalue weighted by molar-refractivity contribution is -0.146. The number of carbonyl (C=O) groups is 2. The van der Waals surface area contributed by atoms with Gasteiger partial charge in [-0.25, -0.2) is 4.98 Å². The molecule has 0 saturated heterocycles. The van der Waals surface area contributed by atoms with Crippen molar-refractivity contribution in [3.8, 4) is 0 Å². The summed E-state index contributed by atoms with van der Waals surface area (Å²) in [5, 5.41) is 3.09. The monoisotopic (exact) mass is 430 g/mol. The minimum atomic E-state index is -0.532. The highest BCUT2D eigenvalue weighted by Gasteiger charge is 2.12. The van der Waals surface area contributed by atoms with Crippen LogP contribution < -0.4 is 5.32 Å². The molecule has 126 valence electrons. The highest BCUT2D eigenvalue weighted by Crippen LogP contribution is 2.25. The Morgan fingerprint density at radius 3 is 2.54 bits per heavy atom. The van der Waals surface area contributed by atoms with E-state index in [2.05, 4.69) is 26.2 Å². The molecule has 2 rings (SSSR count). The molecular formula is C16H13BrCl2N2O3. The van der Waals surface area contributed by atoms with Gasteiger partial charge < -0.3 is 10.1 Å². The Labute approximate surface area is 157 Å². The molecule has 0 aliphatic heterocycles. The summed E-state index contributed by atoms with van der Waals surface area (Å²) in [6.07, 6.45) is 0.0830. The van der Waals surface area contributed by atoms with Crippen LogP contribution in [0.4, 0.5) is 5.82 Å². The molecule has 0 atom stereocenters. The Hall–Kier alpha value is -1.63. The second-order valence-corrected chi connectivity index (χ2v) is 6.63. The van der Waals surface area contributed by atoms with Gasteiger partial charge in [0.1, 0.15) is 0 Å². The number of nitrogens with one attached hydrogen (secondary N) is 1. The van der Waals surface area contributed by atoms with Gasteiger partial charge in [0.2, 0.25) is 0 Å². The zero-order valence-corrected chi connectivity index (χ0v) is 15.7. The number of halogens is 3. The maximum atomic E-state index is 11.8. The Balaban J connectivity index is 1.85. The standard InChI is InChI=1S/C16H13BrCl2N2O3/c1-9-12(18)7-13(19)16(20-9)21-14(22)8-24-15(23)6-10-2-4-11(17)5-3-10/h2-5,7H,6,8H2,1H3,(H,20,21,22). The molecule has 0 fully saturated rings. The molecule has 1 heterocycles. The van der Waals surface area contributed by atoms with E-state index in [-0.39, 0.29) is 17.3 Å². The van der Waals surface area contributed by atoms with Crippen molar-refractivity contribution in [1.82, 2.24) is 4.98 Å². The quantitative estimate of drug-likeness (QED) is 0.721. The number of esters is 1. The smallest absolute Gasteiger partial charge is 0.310 e. The van der Waals surface area contributed by atoms with Crippen molar-refractivity contribution in [3.05, 3.63) is 56.1 Å². The first-order chi connectivity index (χ1) is 11.3. The molecule has 2 aromatic rings. The Bertz CT molecular complexity index is 767. The summed E-state index contributed by atoms with van der Waals surface area (Å²) < 4.78 is 5.86. The molecular weight excluding hydrogens is 419 g/mol. The summed E-state index contributed by atoms with van der Waals surface area (Å²) in [4.78, 5) is 27.7. The summed E-state index contributed by atoms with van der Waals surface area (Å²) in [5.74, 6) is -0.860. The first-order valence-corrected chi connectivity index (χ1v) is 8.42. The third-order valence-corrected chi connectivity index (χ3v) is 4.19. The zero-order valence-electron chi connectivity index (χ0n) is 12.6. The van der Waals surface area contributed by atoms with Gasteiger partial charge in [0.05, 0.1) is 22.2 Å². The summed E-state index contributed by atoms with van der Waals surface area (Å²) in [6.45, 7) is 1.27. The van der Waals surface area contributed by atoms with Crippen molar-refractivity contribution in [1.29, 1.82) is 0 Å². The van der Waals surface area contributed by atoms with Crippen LogP contribution in [0.3, 0.4) is 0 Å². The maximum Gasteiger partial charge on any atom is 0.310 e. The van der Waals surface area contributed by atoms with Gasteiger partial charge in [-0.05, 0) is 30.7 Å². The molecule has 0 saturated carbocycles. The molecule has 24 heavy (non-hydrogen) atoms. The maximum absolute atomic E-state index is 11.8. The lowest BCUT2D eigenvalue weighted by atomic mass is 10.2. The number of carbonyl (C=O) groups excluding carboxylic acids is 2. The molecule has 1 N–H and O–H groups in total. The number of aryl methyl sites for hydroxylation is 1. The molecule has 0 spiro atoms. The molecule has 0 bridgehead atoms. The van der Waals surface area contributed by atoms with Gasteiger partial charge in [0, 0.05) is 4.47 Å². The number of amides is 1. The molecule has 0 aliphatic carbocycles. The van der Waals surface area contributed by atoms with Crippen molar-refractivity contribution in [2.24, 2.45) is 0 Å². The van der Waals surface area contributed by atoms with Crippen molar-refractivity contribution >= 4 is 56.8 Å². The molecule has 0 aliphatic rings. The number of hydrogen-bond donors (Lipinski definition) is 1. The van der Waals surface area contributed by atoms with Gasteiger partial charge in [0.15, 0.2) is 12.4 Å². The average molecular weight is 432 g/mol. The number of ether oxygens (including phenoxy) is 1. The molecule has 8 heteroatoms. The van der Waals surface area contributed by atoms with Crippen LogP contribution in [-0.2, 0) is 20.7 Å². The van der Waals surface area contributed by atoms with Crippen LogP contribution in [-0.4, -0.2) is 23.5 Å². The molecule has 1 aromatic carbocycles. The Morgan fingerprint density at radius 2 is 1.88 bits per heavy atom. The minimum Gasteiger partial charge on any atom is -0.455 e. The average Bonchev–Trinajstić information content (AvgIpc) is 2.53. The summed E-state index contributed by atoms with van der Waals surface area (Å²) in [6, 6.07) is 8.73. The van der Waals surface area contributed by atoms with Crippen LogP contribution in [0.1, 0.15) is 11.3 Å². The number of aromatic nitrogens is 1. The van der Waals surface area contributed by atoms with E-state index >= 15 is 0 Å². The van der Waals surface area contributed by atoms with E-state index in [4.69, 9.17) is 27.9 Å². The van der Waals surface area contributed by atoms with Gasteiger partial charge in [-0.3, -0.25) is 9.59 Å². The van der Waals surface area contributed by atoms with Crippen LogP contribution in [0.2, 0.25) is 10.0 Å². The van der Waals surface area contributed by atoms with Crippen LogP contribution in [0.15, 0.2) is 34.8 Å². The second kappa shape index (κ2) is 8.46. The van der Waals surface area contributed by atoms with E-state index in [0.29, 0.717) is 10.7 Å². The number of hydrogen-bond acceptors (Lipinski definition) is 4. The van der Waals surface area contributed by atoms with Crippen molar-refractivity contribution in [3.63, 3.8) is 0 Å². The van der Waals surface area contributed by atoms with Crippen LogP contribution in [0.25, 0.3) is 0 Å². The molecule has 1 amide bonds. The summed E-state index contributed by atoms with van der Waals surface area (Å²) >= 11 is 15.1. The van der Waals surface area contributed by atoms with Gasteiger partial charge in [0.25, 0.3) is 5.91 Å². The fraction of sp³-hybridized carbons (Fsp3) is 0.188. The molecule has 0 radical (unpaired) electrons. The van der Waals surface area contributed by atoms with Crippen LogP contribution in [0, 0.1) is 6.92 Å². The number of pyridine rings is 1. The van der Waals surface area contributed by atoms with E-state index in [0.717, 1.165) is 10.0 Å². The zero-order chi connectivity index (χ0) is 17.7. The highest BCUT2D eigenvalue weighted by molar-refractivity contribution is 9.10. The van der Waals surface area contributed by atoms with E-state index < -0.39 is 18.5 Å². The molecule has 5 nitrogen and oxygen atoms in total.